The summed E-state index contributed by atoms with van der Waals surface area (Å²) in [6, 6.07) is 6.42. The topological polar surface area (TPSA) is 0 Å². The van der Waals surface area contributed by atoms with E-state index in [4.69, 9.17) is 0 Å². The first kappa shape index (κ1) is 10.3. The van der Waals surface area contributed by atoms with Crippen LogP contribution in [0, 0.1) is 5.92 Å². The van der Waals surface area contributed by atoms with Crippen molar-refractivity contribution in [1.29, 1.82) is 0 Å². The Kier molecular flexibility index (Phi) is 3.78. The zero-order valence-corrected chi connectivity index (χ0v) is 10.4. The quantitative estimate of drug-likeness (QED) is 0.757. The molecule has 0 saturated heterocycles. The van der Waals surface area contributed by atoms with E-state index in [-0.39, 0.29) is 0 Å². The summed E-state index contributed by atoms with van der Waals surface area (Å²) in [5.74, 6) is 0.720. The molecule has 0 bridgehead atoms. The fourth-order valence-corrected chi connectivity index (χ4v) is 1.81. The normalized spacial score (nSPS) is 10.8. The van der Waals surface area contributed by atoms with E-state index in [1.165, 1.54) is 5.56 Å². The number of benzene rings is 1. The van der Waals surface area contributed by atoms with Gasteiger partial charge in [-0.3, -0.25) is 0 Å². The van der Waals surface area contributed by atoms with Crippen LogP contribution >= 0.6 is 31.9 Å². The molecule has 1 aromatic carbocycles. The lowest BCUT2D eigenvalue weighted by Gasteiger charge is -2.05. The smallest absolute Gasteiger partial charge is 0.0320 e. The molecule has 2 heteroatoms. The van der Waals surface area contributed by atoms with Crippen LogP contribution in [0.4, 0.5) is 0 Å². The average molecular weight is 292 g/mol. The molecule has 0 radical (unpaired) electrons. The van der Waals surface area contributed by atoms with Crippen molar-refractivity contribution >= 4 is 31.9 Å². The van der Waals surface area contributed by atoms with E-state index in [0.29, 0.717) is 0 Å². The van der Waals surface area contributed by atoms with Gasteiger partial charge in [0.15, 0.2) is 0 Å². The minimum absolute atomic E-state index is 0.720. The molecule has 0 unspecified atom stereocenters. The van der Waals surface area contributed by atoms with Crippen molar-refractivity contribution in [2.24, 2.45) is 5.92 Å². The van der Waals surface area contributed by atoms with Crippen LogP contribution in [-0.4, -0.2) is 0 Å². The highest BCUT2D eigenvalue weighted by molar-refractivity contribution is 9.13. The van der Waals surface area contributed by atoms with Crippen molar-refractivity contribution in [3.63, 3.8) is 0 Å². The predicted octanol–water partition coefficient (Wildman–Crippen LogP) is 4.41. The van der Waals surface area contributed by atoms with E-state index in [1.807, 2.05) is 0 Å². The predicted molar refractivity (Wildman–Crippen MR) is 60.4 cm³/mol. The Labute approximate surface area is 90.6 Å². The summed E-state index contributed by atoms with van der Waals surface area (Å²) in [4.78, 5) is 0. The molecule has 0 aliphatic rings. The second kappa shape index (κ2) is 4.43. The molecule has 0 fully saturated rings. The van der Waals surface area contributed by atoms with E-state index in [0.717, 1.165) is 21.3 Å². The van der Waals surface area contributed by atoms with Crippen LogP contribution < -0.4 is 0 Å². The summed E-state index contributed by atoms with van der Waals surface area (Å²) >= 11 is 6.94. The van der Waals surface area contributed by atoms with Crippen molar-refractivity contribution < 1.29 is 0 Å². The summed E-state index contributed by atoms with van der Waals surface area (Å²) in [5.41, 5.74) is 1.39. The molecule has 0 atom stereocenters. The minimum Gasteiger partial charge on any atom is -0.0625 e. The molecule has 0 aliphatic heterocycles. The van der Waals surface area contributed by atoms with Gasteiger partial charge in [0.1, 0.15) is 0 Å². The highest BCUT2D eigenvalue weighted by Gasteiger charge is 2.00. The summed E-state index contributed by atoms with van der Waals surface area (Å²) < 4.78 is 2.26. The molecule has 66 valence electrons. The first-order chi connectivity index (χ1) is 5.59. The van der Waals surface area contributed by atoms with Crippen molar-refractivity contribution in [3.05, 3.63) is 32.7 Å². The van der Waals surface area contributed by atoms with Crippen LogP contribution in [0.3, 0.4) is 0 Å². The third-order valence-electron chi connectivity index (χ3n) is 1.63. The highest BCUT2D eigenvalue weighted by Crippen LogP contribution is 2.24. The maximum absolute atomic E-state index is 3.49. The Morgan fingerprint density at radius 2 is 1.83 bits per heavy atom. The Balaban J connectivity index is 2.82. The van der Waals surface area contributed by atoms with Gasteiger partial charge in [-0.1, -0.05) is 19.9 Å². The largest absolute Gasteiger partial charge is 0.0625 e. The van der Waals surface area contributed by atoms with Crippen molar-refractivity contribution in [3.8, 4) is 0 Å². The zero-order valence-electron chi connectivity index (χ0n) is 7.27. The molecule has 0 aliphatic carbocycles. The van der Waals surface area contributed by atoms with E-state index in [2.05, 4.69) is 63.9 Å². The number of halogens is 2. The second-order valence-electron chi connectivity index (χ2n) is 3.35. The third-order valence-corrected chi connectivity index (χ3v) is 3.51. The molecular formula is C10H12Br2. The van der Waals surface area contributed by atoms with Gasteiger partial charge in [0.05, 0.1) is 0 Å². The van der Waals surface area contributed by atoms with Gasteiger partial charge in [-0.2, -0.15) is 0 Å². The van der Waals surface area contributed by atoms with Crippen LogP contribution in [0.5, 0.6) is 0 Å². The summed E-state index contributed by atoms with van der Waals surface area (Å²) in [5, 5.41) is 0. The van der Waals surface area contributed by atoms with E-state index in [1.54, 1.807) is 0 Å². The summed E-state index contributed by atoms with van der Waals surface area (Å²) in [7, 11) is 0. The van der Waals surface area contributed by atoms with Crippen LogP contribution in [-0.2, 0) is 6.42 Å². The molecule has 0 spiro atoms. The maximum Gasteiger partial charge on any atom is 0.0320 e. The molecule has 1 rings (SSSR count). The van der Waals surface area contributed by atoms with Crippen LogP contribution in [0.1, 0.15) is 19.4 Å². The fraction of sp³-hybridized carbons (Fsp3) is 0.400. The van der Waals surface area contributed by atoms with Crippen LogP contribution in [0.25, 0.3) is 0 Å². The van der Waals surface area contributed by atoms with Gasteiger partial charge in [-0.15, -0.1) is 0 Å². The SMILES string of the molecule is CC(C)Cc1ccc(Br)c(Br)c1. The molecule has 0 N–H and O–H groups in total. The fourth-order valence-electron chi connectivity index (χ4n) is 1.14. The lowest BCUT2D eigenvalue weighted by atomic mass is 10.0. The van der Waals surface area contributed by atoms with Crippen molar-refractivity contribution in [2.75, 3.05) is 0 Å². The summed E-state index contributed by atoms with van der Waals surface area (Å²) in [6.45, 7) is 4.46. The van der Waals surface area contributed by atoms with Crippen LogP contribution in [0.15, 0.2) is 27.1 Å². The van der Waals surface area contributed by atoms with Gasteiger partial charge in [0.25, 0.3) is 0 Å². The maximum atomic E-state index is 3.49. The Morgan fingerprint density at radius 1 is 1.17 bits per heavy atom. The van der Waals surface area contributed by atoms with E-state index in [9.17, 15) is 0 Å². The molecule has 1 aromatic rings. The highest BCUT2D eigenvalue weighted by atomic mass is 79.9. The van der Waals surface area contributed by atoms with Gasteiger partial charge in [-0.05, 0) is 61.9 Å². The van der Waals surface area contributed by atoms with Gasteiger partial charge in [-0.25, -0.2) is 0 Å². The average Bonchev–Trinajstić information content (AvgIpc) is 1.96. The van der Waals surface area contributed by atoms with Crippen molar-refractivity contribution in [2.45, 2.75) is 20.3 Å². The van der Waals surface area contributed by atoms with Gasteiger partial charge < -0.3 is 0 Å². The number of hydrogen-bond acceptors (Lipinski definition) is 0. The number of hydrogen-bond donors (Lipinski definition) is 0. The van der Waals surface area contributed by atoms with Gasteiger partial charge in [0.2, 0.25) is 0 Å². The van der Waals surface area contributed by atoms with Crippen LogP contribution in [0.2, 0.25) is 0 Å². The first-order valence-corrected chi connectivity index (χ1v) is 5.62. The molecule has 0 heterocycles. The Hall–Kier alpha value is 0.180. The second-order valence-corrected chi connectivity index (χ2v) is 5.06. The minimum atomic E-state index is 0.720. The van der Waals surface area contributed by atoms with Gasteiger partial charge in [0, 0.05) is 8.95 Å². The van der Waals surface area contributed by atoms with E-state index >= 15 is 0 Å². The first-order valence-electron chi connectivity index (χ1n) is 4.03. The monoisotopic (exact) mass is 290 g/mol. The van der Waals surface area contributed by atoms with Gasteiger partial charge >= 0.3 is 0 Å². The van der Waals surface area contributed by atoms with E-state index < -0.39 is 0 Å². The molecular weight excluding hydrogens is 280 g/mol. The number of rotatable bonds is 2. The third kappa shape index (κ3) is 2.91. The molecule has 0 saturated carbocycles. The molecule has 12 heavy (non-hydrogen) atoms. The van der Waals surface area contributed by atoms with Crippen molar-refractivity contribution in [1.82, 2.24) is 0 Å². The molecule has 0 nitrogen and oxygen atoms in total. The Morgan fingerprint density at radius 3 is 2.33 bits per heavy atom. The lowest BCUT2D eigenvalue weighted by Crippen LogP contribution is -1.93. The lowest BCUT2D eigenvalue weighted by molar-refractivity contribution is 0.647. The standard InChI is InChI=1S/C10H12Br2/c1-7(2)5-8-3-4-9(11)10(12)6-8/h3-4,6-7H,5H2,1-2H3. The molecule has 0 amide bonds. The Bertz CT molecular complexity index is 267. The summed E-state index contributed by atoms with van der Waals surface area (Å²) in [6.07, 6.45) is 1.14. The molecule has 0 aromatic heterocycles. The zero-order chi connectivity index (χ0) is 9.14.